The number of hydrogen-bond acceptors (Lipinski definition) is 22. The molecule has 0 aromatic carbocycles. The summed E-state index contributed by atoms with van der Waals surface area (Å²) in [5.41, 5.74) is 4.02. The average molecular weight is 1950 g/mol. The highest BCUT2D eigenvalue weighted by atomic mass is 35.5. The van der Waals surface area contributed by atoms with E-state index in [0.717, 1.165) is 186 Å². The van der Waals surface area contributed by atoms with Gasteiger partial charge in [-0.1, -0.05) is 11.6 Å². The zero-order valence-corrected chi connectivity index (χ0v) is 90.5. The van der Waals surface area contributed by atoms with Crippen molar-refractivity contribution in [3.05, 3.63) is 148 Å². The number of rotatable bonds is 21. The Morgan fingerprint density at radius 1 is 0.482 bits per heavy atom. The van der Waals surface area contributed by atoms with Crippen molar-refractivity contribution in [3.8, 4) is 0 Å². The van der Waals surface area contributed by atoms with Crippen LogP contribution in [-0.4, -0.2) is 314 Å². The van der Waals surface area contributed by atoms with Gasteiger partial charge in [0.25, 0.3) is 41.4 Å². The molecule has 7 aliphatic rings. The van der Waals surface area contributed by atoms with E-state index >= 15 is 0 Å². The molecule has 774 valence electrons. The van der Waals surface area contributed by atoms with Crippen molar-refractivity contribution in [2.75, 3.05) is 98.7 Å². The Morgan fingerprint density at radius 2 is 0.892 bits per heavy atom. The van der Waals surface area contributed by atoms with E-state index in [1.165, 1.54) is 24.6 Å². The Hall–Kier alpha value is -9.42. The Balaban J connectivity index is 0.000000199. The lowest BCUT2D eigenvalue weighted by atomic mass is 9.87. The summed E-state index contributed by atoms with van der Waals surface area (Å²) < 4.78 is 25.5. The lowest BCUT2D eigenvalue weighted by Gasteiger charge is -2.46. The van der Waals surface area contributed by atoms with Crippen LogP contribution in [0.25, 0.3) is 0 Å². The molecule has 1 unspecified atom stereocenters. The molecule has 0 bridgehead atoms. The molecule has 7 aromatic heterocycles. The van der Waals surface area contributed by atoms with E-state index in [0.29, 0.717) is 81.1 Å². The second kappa shape index (κ2) is 50.5. The van der Waals surface area contributed by atoms with Gasteiger partial charge in [-0.3, -0.25) is 52.5 Å². The average Bonchev–Trinajstić information content (AvgIpc) is 1.73. The molecule has 14 heterocycles. The molecule has 14 rings (SSSR count). The van der Waals surface area contributed by atoms with Crippen LogP contribution in [0, 0.1) is 26.6 Å². The molecule has 7 aliphatic heterocycles. The van der Waals surface area contributed by atoms with E-state index < -0.39 is 11.7 Å². The third kappa shape index (κ3) is 33.9. The van der Waals surface area contributed by atoms with Crippen LogP contribution >= 0.6 is 11.6 Å². The Labute approximate surface area is 833 Å². The molecule has 7 fully saturated rings. The Morgan fingerprint density at radius 3 is 1.24 bits per heavy atom. The van der Waals surface area contributed by atoms with E-state index in [1.54, 1.807) is 70.2 Å². The Bertz CT molecular complexity index is 4970. The summed E-state index contributed by atoms with van der Waals surface area (Å²) in [6.45, 7) is 69.6. The number of halogens is 2. The van der Waals surface area contributed by atoms with E-state index in [9.17, 15) is 38.0 Å². The largest absolute Gasteiger partial charge is 0.448 e. The molecule has 1 atom stereocenters. The SMILES string of the molecule is CC(C)(C)N1CCC(NC(=O)c2ncccc2F)C1.CC(C)N1CCC(C)(N(C)C(=O)c2ncccc2Cl)CC1.CC(C)N1CCC(C)(NC(=O)c2ccn(C)n2)CC1.CC(C)N1CCC(C)(NC(=O)c2cnn(C(C)C)c2)CC1.Cc1nc(C(=O)NC2(C)CCN(C(C)C)CC2)co1.Cc1ncn(C)c1C(=O)NC1(C)CCN(C(C)C)CC1.Cc1nn(C)cc1C(=O)NC1(C)CCN(C(C)C)CC1. The summed E-state index contributed by atoms with van der Waals surface area (Å²) in [6, 6.07) is 11.7. The van der Waals surface area contributed by atoms with Crippen molar-refractivity contribution >= 4 is 53.0 Å². The molecule has 7 saturated heterocycles. The van der Waals surface area contributed by atoms with Gasteiger partial charge in [-0.2, -0.15) is 15.3 Å². The van der Waals surface area contributed by atoms with Crippen molar-refractivity contribution in [2.45, 2.75) is 351 Å². The number of likely N-dealkylation sites (tertiary alicyclic amines) is 7. The number of piperidine rings is 6. The van der Waals surface area contributed by atoms with E-state index in [-0.39, 0.29) is 92.0 Å². The zero-order chi connectivity index (χ0) is 103. The highest BCUT2D eigenvalue weighted by Gasteiger charge is 2.42. The number of nitrogens with zero attached hydrogens (tertiary/aromatic N) is 19. The molecule has 0 spiro atoms. The number of aryl methyl sites for hydroxylation is 6. The number of pyridine rings is 2. The summed E-state index contributed by atoms with van der Waals surface area (Å²) in [5.74, 6) is -0.824. The van der Waals surface area contributed by atoms with Crippen LogP contribution in [0.5, 0.6) is 0 Å². The zero-order valence-electron chi connectivity index (χ0n) is 89.7. The molecular weight excluding hydrogens is 1780 g/mol. The van der Waals surface area contributed by atoms with Gasteiger partial charge >= 0.3 is 0 Å². The van der Waals surface area contributed by atoms with E-state index in [1.807, 2.05) is 57.8 Å². The van der Waals surface area contributed by atoms with Gasteiger partial charge in [0, 0.05) is 245 Å². The Kier molecular flexibility index (Phi) is 41.7. The summed E-state index contributed by atoms with van der Waals surface area (Å²) in [5, 5.41) is 31.7. The first-order valence-corrected chi connectivity index (χ1v) is 50.9. The predicted octanol–water partition coefficient (Wildman–Crippen LogP) is 14.2. The van der Waals surface area contributed by atoms with Gasteiger partial charge in [-0.15, -0.1) is 0 Å². The predicted molar refractivity (Wildman–Crippen MR) is 549 cm³/mol. The lowest BCUT2D eigenvalue weighted by molar-refractivity contribution is 0.0312. The highest BCUT2D eigenvalue weighted by Crippen LogP contribution is 2.34. The van der Waals surface area contributed by atoms with Crippen LogP contribution in [0.2, 0.25) is 5.02 Å². The maximum absolute atomic E-state index is 13.4. The third-order valence-electron chi connectivity index (χ3n) is 29.1. The molecule has 35 heteroatoms. The minimum Gasteiger partial charge on any atom is -0.448 e. The monoisotopic (exact) mass is 1950 g/mol. The number of hydrogen-bond donors (Lipinski definition) is 6. The van der Waals surface area contributed by atoms with Gasteiger partial charge in [0.05, 0.1) is 40.1 Å². The van der Waals surface area contributed by atoms with Crippen molar-refractivity contribution < 1.29 is 42.4 Å². The van der Waals surface area contributed by atoms with Gasteiger partial charge in [0.1, 0.15) is 23.3 Å². The number of oxazole rings is 1. The summed E-state index contributed by atoms with van der Waals surface area (Å²) in [6.07, 6.45) is 25.9. The smallest absolute Gasteiger partial charge is 0.274 e. The van der Waals surface area contributed by atoms with Gasteiger partial charge < -0.3 is 75.2 Å². The van der Waals surface area contributed by atoms with Crippen LogP contribution < -0.4 is 31.9 Å². The maximum atomic E-state index is 13.4. The lowest BCUT2D eigenvalue weighted by Crippen LogP contribution is -2.55. The van der Waals surface area contributed by atoms with Gasteiger partial charge in [0.15, 0.2) is 23.1 Å². The first-order valence-electron chi connectivity index (χ1n) is 50.5. The van der Waals surface area contributed by atoms with Crippen molar-refractivity contribution in [2.24, 2.45) is 21.1 Å². The minimum absolute atomic E-state index is 0.00361. The molecule has 6 N–H and O–H groups in total. The van der Waals surface area contributed by atoms with Crippen LogP contribution in [0.1, 0.15) is 339 Å². The second-order valence-corrected chi connectivity index (χ2v) is 44.4. The second-order valence-electron chi connectivity index (χ2n) is 44.0. The van der Waals surface area contributed by atoms with Crippen molar-refractivity contribution in [3.63, 3.8) is 0 Å². The number of carbonyl (C=O) groups is 7. The molecule has 139 heavy (non-hydrogen) atoms. The van der Waals surface area contributed by atoms with Crippen molar-refractivity contribution in [1.82, 2.24) is 125 Å². The number of carbonyl (C=O) groups excluding carboxylic acids is 7. The molecule has 7 amide bonds. The maximum Gasteiger partial charge on any atom is 0.274 e. The fraction of sp³-hybridized carbons (Fsp3) is 0.692. The molecular formula is C104H171ClFN25O8. The summed E-state index contributed by atoms with van der Waals surface area (Å²) >= 11 is 6.09. The standard InChI is InChI=1S/C16H24ClN3O.C16H28N4O.2C15H26N4O.C14H20FN3O.C14H24N4O.C14H23N3O2/c1-12(2)20-10-7-16(3,8-11-20)19(4)15(21)14-13(17)6-5-9-18-14;1-12(2)19-8-6-16(5,7-9-19)18-15(21)14-10-17-20(11-14)13(3)4;1-11(2)19-8-6-15(4,7-9-19)17-14(20)13-12(3)16-10-18(13)5;1-11(2)19-8-6-15(4,7-9-19)16-14(20)13-10-18(5)17-12(13)3;1-14(2,3)18-8-6-10(9-18)17-13(19)12-11(15)5-4-7-16-12;1-11(2)18-9-6-14(3,7-10-18)15-13(19)12-5-8-17(4)16-12;1-10(2)17-7-5-14(4,6-8-17)16-13(18)12-9-19-11(3)15-12/h5-6,9,12H,7-8,10-11H2,1-4H3;10-13H,6-9H2,1-5H3,(H,18,21);10-11H,6-9H2,1-5H3,(H,17,20);10-11H,6-9H2,1-5H3,(H,16,20);4-5,7,10H,6,8-9H2,1-3H3,(H,17,19);5,8,11H,6-7,9-10H2,1-4H3,(H,15,19);9-10H,5-8H2,1-4H3,(H,16,18). The molecule has 33 nitrogen and oxygen atoms in total. The topological polar surface area (TPSA) is 341 Å². The first kappa shape index (κ1) is 115. The summed E-state index contributed by atoms with van der Waals surface area (Å²) in [7, 11) is 7.38. The molecule has 0 aliphatic carbocycles. The van der Waals surface area contributed by atoms with Crippen LogP contribution in [0.15, 0.2) is 84.5 Å². The van der Waals surface area contributed by atoms with E-state index in [4.69, 9.17) is 16.0 Å². The number of imidazole rings is 1. The molecule has 0 saturated carbocycles. The van der Waals surface area contributed by atoms with Gasteiger partial charge in [-0.25, -0.2) is 24.3 Å². The van der Waals surface area contributed by atoms with Gasteiger partial charge in [-0.05, 0) is 287 Å². The normalized spacial score (nSPS) is 19.5. The van der Waals surface area contributed by atoms with Crippen LogP contribution in [0.4, 0.5) is 4.39 Å². The number of nitrogens with one attached hydrogen (secondary N) is 6. The molecule has 7 aromatic rings. The fourth-order valence-electron chi connectivity index (χ4n) is 18.5. The summed E-state index contributed by atoms with van der Waals surface area (Å²) in [4.78, 5) is 121. The molecule has 0 radical (unpaired) electrons. The van der Waals surface area contributed by atoms with Crippen molar-refractivity contribution in [1.29, 1.82) is 0 Å². The number of amides is 7. The van der Waals surface area contributed by atoms with Crippen LogP contribution in [-0.2, 0) is 21.1 Å². The van der Waals surface area contributed by atoms with Gasteiger partial charge in [0.2, 0.25) is 0 Å². The number of aromatic nitrogens is 11. The first-order chi connectivity index (χ1) is 64.9. The van der Waals surface area contributed by atoms with E-state index in [2.05, 4.69) is 261 Å². The highest BCUT2D eigenvalue weighted by molar-refractivity contribution is 6.33. The van der Waals surface area contributed by atoms with Crippen LogP contribution in [0.3, 0.4) is 0 Å². The third-order valence-corrected chi connectivity index (χ3v) is 29.5. The fourth-order valence-corrected chi connectivity index (χ4v) is 18.7. The minimum atomic E-state index is -0.578. The quantitative estimate of drug-likeness (QED) is 0.0389.